The minimum absolute atomic E-state index is 0.439. The van der Waals surface area contributed by atoms with Gasteiger partial charge in [0.2, 0.25) is 0 Å². The fraction of sp³-hybridized carbons (Fsp3) is 0.368. The molecule has 2 aromatic rings. The maximum Gasteiger partial charge on any atom is 0.267 e. The number of hydrogen-bond acceptors (Lipinski definition) is 4. The van der Waals surface area contributed by atoms with Gasteiger partial charge in [-0.1, -0.05) is 24.3 Å². The molecule has 1 aromatic carbocycles. The molecule has 1 amide bonds. The number of rotatable bonds is 6. The minimum Gasteiger partial charge on any atom is -0.294 e. The summed E-state index contributed by atoms with van der Waals surface area (Å²) in [5, 5.41) is 12.9. The highest BCUT2D eigenvalue weighted by atomic mass is 16.5. The van der Waals surface area contributed by atoms with E-state index in [2.05, 4.69) is 33.7 Å². The van der Waals surface area contributed by atoms with Gasteiger partial charge in [0, 0.05) is 30.6 Å². The predicted octanol–water partition coefficient (Wildman–Crippen LogP) is 2.55. The van der Waals surface area contributed by atoms with Gasteiger partial charge >= 0.3 is 0 Å². The zero-order chi connectivity index (χ0) is 17.6. The van der Waals surface area contributed by atoms with Crippen molar-refractivity contribution in [2.24, 2.45) is 0 Å². The molecule has 25 heavy (non-hydrogen) atoms. The van der Waals surface area contributed by atoms with Crippen LogP contribution >= 0.6 is 0 Å². The summed E-state index contributed by atoms with van der Waals surface area (Å²) in [6.07, 6.45) is 7.22. The van der Waals surface area contributed by atoms with Crippen molar-refractivity contribution in [3.05, 3.63) is 59.4 Å². The molecule has 3 rings (SSSR count). The van der Waals surface area contributed by atoms with Gasteiger partial charge in [0.25, 0.3) is 5.91 Å². The zero-order valence-corrected chi connectivity index (χ0v) is 14.4. The second kappa shape index (κ2) is 8.09. The summed E-state index contributed by atoms with van der Waals surface area (Å²) in [7, 11) is 0. The van der Waals surface area contributed by atoms with E-state index < -0.39 is 5.91 Å². The molecule has 1 aromatic heterocycles. The maximum absolute atomic E-state index is 11.0. The molecule has 0 saturated carbocycles. The first-order valence-electron chi connectivity index (χ1n) is 8.62. The number of likely N-dealkylation sites (tertiary alicyclic amines) is 1. The molecule has 0 aliphatic carbocycles. The lowest BCUT2D eigenvalue weighted by molar-refractivity contribution is -0.124. The summed E-state index contributed by atoms with van der Waals surface area (Å²) in [4.78, 5) is 13.6. The molecule has 2 heterocycles. The number of carbonyl (C=O) groups is 1. The Morgan fingerprint density at radius 2 is 2.12 bits per heavy atom. The van der Waals surface area contributed by atoms with Gasteiger partial charge in [0.05, 0.1) is 6.54 Å². The number of hydroxylamine groups is 1. The summed E-state index contributed by atoms with van der Waals surface area (Å²) in [6.45, 7) is 5.10. The lowest BCUT2D eigenvalue weighted by atomic mass is 10.0. The fourth-order valence-electron chi connectivity index (χ4n) is 3.37. The van der Waals surface area contributed by atoms with Crippen molar-refractivity contribution in [2.75, 3.05) is 13.1 Å². The van der Waals surface area contributed by atoms with Gasteiger partial charge in [-0.05, 0) is 49.6 Å². The molecule has 0 spiro atoms. The van der Waals surface area contributed by atoms with Crippen LogP contribution < -0.4 is 5.48 Å². The van der Waals surface area contributed by atoms with Gasteiger partial charge in [-0.2, -0.15) is 5.10 Å². The molecular formula is C19H24N4O2. The Morgan fingerprint density at radius 1 is 1.32 bits per heavy atom. The van der Waals surface area contributed by atoms with Crippen molar-refractivity contribution in [2.45, 2.75) is 32.4 Å². The lowest BCUT2D eigenvalue weighted by Gasteiger charge is -2.25. The van der Waals surface area contributed by atoms with Gasteiger partial charge in [-0.3, -0.25) is 19.6 Å². The van der Waals surface area contributed by atoms with Crippen LogP contribution in [-0.4, -0.2) is 38.9 Å². The second-order valence-corrected chi connectivity index (χ2v) is 6.37. The standard InChI is InChI=1S/C19H24N4O2/c1-15-10-11-20-23(15)14-13-22-12-2-3-18(22)17-7-4-16(5-8-17)6-9-19(24)21-25/h4-11,18,25H,2-3,12-14H2,1H3,(H,21,24)/t18-/m0/s1. The van der Waals surface area contributed by atoms with Gasteiger partial charge < -0.3 is 0 Å². The smallest absolute Gasteiger partial charge is 0.267 e. The Morgan fingerprint density at radius 3 is 2.80 bits per heavy atom. The molecule has 0 radical (unpaired) electrons. The van der Waals surface area contributed by atoms with Crippen LogP contribution in [0.15, 0.2) is 42.6 Å². The predicted molar refractivity (Wildman–Crippen MR) is 95.9 cm³/mol. The number of amides is 1. The average Bonchev–Trinajstić information content (AvgIpc) is 3.27. The van der Waals surface area contributed by atoms with Crippen LogP contribution in [0.25, 0.3) is 6.08 Å². The Kier molecular flexibility index (Phi) is 5.63. The van der Waals surface area contributed by atoms with Crippen LogP contribution in [0.5, 0.6) is 0 Å². The number of benzene rings is 1. The van der Waals surface area contributed by atoms with Crippen LogP contribution in [0.3, 0.4) is 0 Å². The molecule has 1 atom stereocenters. The first-order valence-corrected chi connectivity index (χ1v) is 8.62. The maximum atomic E-state index is 11.0. The third kappa shape index (κ3) is 4.35. The third-order valence-electron chi connectivity index (χ3n) is 4.75. The zero-order valence-electron chi connectivity index (χ0n) is 14.4. The lowest BCUT2D eigenvalue weighted by Crippen LogP contribution is -2.27. The largest absolute Gasteiger partial charge is 0.294 e. The van der Waals surface area contributed by atoms with Crippen LogP contribution in [0.4, 0.5) is 0 Å². The first-order chi connectivity index (χ1) is 12.2. The highest BCUT2D eigenvalue weighted by molar-refractivity contribution is 5.90. The molecule has 6 nitrogen and oxygen atoms in total. The van der Waals surface area contributed by atoms with E-state index in [4.69, 9.17) is 5.21 Å². The summed E-state index contributed by atoms with van der Waals surface area (Å²) in [6, 6.07) is 10.7. The summed E-state index contributed by atoms with van der Waals surface area (Å²) < 4.78 is 2.05. The molecular weight excluding hydrogens is 316 g/mol. The van der Waals surface area contributed by atoms with Gasteiger partial charge in [-0.15, -0.1) is 0 Å². The topological polar surface area (TPSA) is 70.4 Å². The highest BCUT2D eigenvalue weighted by Crippen LogP contribution is 2.31. The average molecular weight is 340 g/mol. The van der Waals surface area contributed by atoms with Crippen LogP contribution in [0, 0.1) is 6.92 Å². The number of aromatic nitrogens is 2. The quantitative estimate of drug-likeness (QED) is 0.482. The van der Waals surface area contributed by atoms with Crippen LogP contribution in [0.2, 0.25) is 0 Å². The van der Waals surface area contributed by atoms with E-state index in [-0.39, 0.29) is 0 Å². The van der Waals surface area contributed by atoms with Crippen molar-refractivity contribution in [1.82, 2.24) is 20.2 Å². The molecule has 6 heteroatoms. The molecule has 1 aliphatic heterocycles. The number of carbonyl (C=O) groups excluding carboxylic acids is 1. The molecule has 0 unspecified atom stereocenters. The Hall–Kier alpha value is -2.44. The van der Waals surface area contributed by atoms with E-state index in [1.165, 1.54) is 30.2 Å². The molecule has 1 aliphatic rings. The SMILES string of the molecule is Cc1ccnn1CCN1CCC[C@H]1c1ccc(C=CC(=O)NO)cc1. The van der Waals surface area contributed by atoms with Crippen molar-refractivity contribution < 1.29 is 10.0 Å². The fourth-order valence-corrected chi connectivity index (χ4v) is 3.37. The minimum atomic E-state index is -0.528. The van der Waals surface area contributed by atoms with Crippen LogP contribution in [-0.2, 0) is 11.3 Å². The van der Waals surface area contributed by atoms with Crippen molar-refractivity contribution in [3.63, 3.8) is 0 Å². The molecule has 132 valence electrons. The summed E-state index contributed by atoms with van der Waals surface area (Å²) in [5.41, 5.74) is 5.02. The van der Waals surface area contributed by atoms with E-state index in [1.807, 2.05) is 24.4 Å². The monoisotopic (exact) mass is 340 g/mol. The van der Waals surface area contributed by atoms with Crippen molar-refractivity contribution in [3.8, 4) is 0 Å². The Labute approximate surface area is 147 Å². The number of nitrogens with one attached hydrogen (secondary N) is 1. The highest BCUT2D eigenvalue weighted by Gasteiger charge is 2.25. The molecule has 2 N–H and O–H groups in total. The van der Waals surface area contributed by atoms with Crippen molar-refractivity contribution >= 4 is 12.0 Å². The Balaban J connectivity index is 1.62. The number of nitrogens with zero attached hydrogens (tertiary/aromatic N) is 3. The van der Waals surface area contributed by atoms with Gasteiger partial charge in [0.1, 0.15) is 0 Å². The Bertz CT molecular complexity index is 736. The van der Waals surface area contributed by atoms with E-state index in [0.29, 0.717) is 6.04 Å². The molecule has 0 bridgehead atoms. The van der Waals surface area contributed by atoms with E-state index in [9.17, 15) is 4.79 Å². The summed E-state index contributed by atoms with van der Waals surface area (Å²) in [5.74, 6) is -0.528. The van der Waals surface area contributed by atoms with Gasteiger partial charge in [0.15, 0.2) is 0 Å². The van der Waals surface area contributed by atoms with E-state index in [1.54, 1.807) is 11.6 Å². The van der Waals surface area contributed by atoms with E-state index in [0.717, 1.165) is 25.2 Å². The molecule has 1 saturated heterocycles. The van der Waals surface area contributed by atoms with Crippen molar-refractivity contribution in [1.29, 1.82) is 0 Å². The second-order valence-electron chi connectivity index (χ2n) is 6.37. The molecule has 1 fully saturated rings. The van der Waals surface area contributed by atoms with Gasteiger partial charge in [-0.25, -0.2) is 5.48 Å². The number of hydrogen-bond donors (Lipinski definition) is 2. The van der Waals surface area contributed by atoms with Crippen LogP contribution in [0.1, 0.15) is 35.7 Å². The summed E-state index contributed by atoms with van der Waals surface area (Å²) >= 11 is 0. The third-order valence-corrected chi connectivity index (χ3v) is 4.75. The number of aryl methyl sites for hydroxylation is 1. The van der Waals surface area contributed by atoms with E-state index >= 15 is 0 Å². The normalized spacial score (nSPS) is 18.1. The first kappa shape index (κ1) is 17.4.